The fraction of sp³-hybridized carbons (Fsp3) is 0.550. The summed E-state index contributed by atoms with van der Waals surface area (Å²) in [5.74, 6) is -1.33. The number of ketones is 2. The SMILES string of the molecule is CC(C)c1cc2c(cc1O)[C@@]1(C)C[C@@H](C2=O)C(=O)C(C)(C)[C@H]1C=O. The second-order valence-electron chi connectivity index (χ2n) is 8.35. The minimum Gasteiger partial charge on any atom is -0.508 e. The highest BCUT2D eigenvalue weighted by atomic mass is 16.3. The number of fused-ring (bicyclic) bond motifs is 4. The highest BCUT2D eigenvalue weighted by Gasteiger charge is 2.60. The zero-order valence-electron chi connectivity index (χ0n) is 14.8. The van der Waals surface area contributed by atoms with E-state index in [0.717, 1.165) is 6.29 Å². The highest BCUT2D eigenvalue weighted by molar-refractivity contribution is 6.15. The number of aromatic hydroxyl groups is 1. The third kappa shape index (κ3) is 1.95. The molecule has 1 aromatic rings. The largest absolute Gasteiger partial charge is 0.508 e. The Hall–Kier alpha value is -1.97. The maximum Gasteiger partial charge on any atom is 0.173 e. The molecule has 128 valence electrons. The molecule has 1 fully saturated rings. The first-order valence-corrected chi connectivity index (χ1v) is 8.47. The quantitative estimate of drug-likeness (QED) is 0.667. The van der Waals surface area contributed by atoms with Crippen LogP contribution >= 0.6 is 0 Å². The minimum atomic E-state index is -0.890. The monoisotopic (exact) mass is 328 g/mol. The van der Waals surface area contributed by atoms with E-state index in [1.165, 1.54) is 0 Å². The molecule has 1 N–H and O–H groups in total. The van der Waals surface area contributed by atoms with E-state index in [0.29, 0.717) is 23.1 Å². The summed E-state index contributed by atoms with van der Waals surface area (Å²) in [6.45, 7) is 9.32. The van der Waals surface area contributed by atoms with Gasteiger partial charge in [-0.3, -0.25) is 9.59 Å². The van der Waals surface area contributed by atoms with Crippen LogP contribution in [-0.4, -0.2) is 23.0 Å². The highest BCUT2D eigenvalue weighted by Crippen LogP contribution is 2.56. The Kier molecular flexibility index (Phi) is 3.52. The number of rotatable bonds is 2. The van der Waals surface area contributed by atoms with E-state index in [-0.39, 0.29) is 23.2 Å². The smallest absolute Gasteiger partial charge is 0.173 e. The number of Topliss-reactive ketones (excluding diaryl/α,β-unsaturated/α-hetero) is 2. The molecule has 0 aliphatic heterocycles. The summed E-state index contributed by atoms with van der Waals surface area (Å²) < 4.78 is 0. The average molecular weight is 328 g/mol. The molecule has 0 radical (unpaired) electrons. The topological polar surface area (TPSA) is 71.4 Å². The van der Waals surface area contributed by atoms with Gasteiger partial charge in [-0.1, -0.05) is 34.6 Å². The number of phenolic OH excluding ortho intramolecular Hbond substituents is 1. The second-order valence-corrected chi connectivity index (χ2v) is 8.35. The van der Waals surface area contributed by atoms with Crippen molar-refractivity contribution in [1.29, 1.82) is 0 Å². The third-order valence-electron chi connectivity index (χ3n) is 6.17. The van der Waals surface area contributed by atoms with Crippen molar-refractivity contribution in [1.82, 2.24) is 0 Å². The number of carbonyl (C=O) groups excluding carboxylic acids is 3. The van der Waals surface area contributed by atoms with Crippen LogP contribution in [0.1, 0.15) is 68.4 Å². The van der Waals surface area contributed by atoms with Crippen LogP contribution in [0.4, 0.5) is 0 Å². The lowest BCUT2D eigenvalue weighted by atomic mass is 9.47. The van der Waals surface area contributed by atoms with Crippen molar-refractivity contribution >= 4 is 17.9 Å². The van der Waals surface area contributed by atoms with E-state index in [1.807, 2.05) is 20.8 Å². The van der Waals surface area contributed by atoms with Crippen molar-refractivity contribution in [2.45, 2.75) is 52.4 Å². The van der Waals surface area contributed by atoms with Gasteiger partial charge in [0.15, 0.2) is 5.78 Å². The Morgan fingerprint density at radius 3 is 2.38 bits per heavy atom. The van der Waals surface area contributed by atoms with Gasteiger partial charge in [0.2, 0.25) is 0 Å². The third-order valence-corrected chi connectivity index (χ3v) is 6.17. The first-order valence-electron chi connectivity index (χ1n) is 8.47. The Bertz CT molecular complexity index is 759. The Morgan fingerprint density at radius 2 is 1.83 bits per heavy atom. The first kappa shape index (κ1) is 16.9. The van der Waals surface area contributed by atoms with Gasteiger partial charge in [0, 0.05) is 22.3 Å². The van der Waals surface area contributed by atoms with Gasteiger partial charge in [-0.15, -0.1) is 0 Å². The zero-order valence-corrected chi connectivity index (χ0v) is 14.8. The molecule has 4 heteroatoms. The van der Waals surface area contributed by atoms with Gasteiger partial charge in [0.1, 0.15) is 17.8 Å². The van der Waals surface area contributed by atoms with Gasteiger partial charge in [-0.05, 0) is 35.6 Å². The molecule has 2 bridgehead atoms. The van der Waals surface area contributed by atoms with Crippen LogP contribution in [0.25, 0.3) is 0 Å². The Morgan fingerprint density at radius 1 is 1.21 bits per heavy atom. The normalized spacial score (nSPS) is 31.1. The lowest BCUT2D eigenvalue weighted by Crippen LogP contribution is -2.59. The van der Waals surface area contributed by atoms with Crippen molar-refractivity contribution < 1.29 is 19.5 Å². The van der Waals surface area contributed by atoms with Crippen LogP contribution in [0.2, 0.25) is 0 Å². The van der Waals surface area contributed by atoms with Crippen LogP contribution in [0.5, 0.6) is 5.75 Å². The molecule has 3 atom stereocenters. The molecule has 3 rings (SSSR count). The number of phenols is 1. The van der Waals surface area contributed by atoms with Gasteiger partial charge in [-0.2, -0.15) is 0 Å². The molecule has 4 nitrogen and oxygen atoms in total. The van der Waals surface area contributed by atoms with E-state index < -0.39 is 22.7 Å². The lowest BCUT2D eigenvalue weighted by molar-refractivity contribution is -0.144. The van der Waals surface area contributed by atoms with Crippen LogP contribution in [0.3, 0.4) is 0 Å². The van der Waals surface area contributed by atoms with E-state index in [1.54, 1.807) is 26.0 Å². The van der Waals surface area contributed by atoms with Crippen molar-refractivity contribution in [3.8, 4) is 5.75 Å². The Labute approximate surface area is 142 Å². The number of hydrogen-bond acceptors (Lipinski definition) is 4. The molecule has 2 aliphatic carbocycles. The summed E-state index contributed by atoms with van der Waals surface area (Å²) in [7, 11) is 0. The molecule has 0 saturated heterocycles. The number of aldehydes is 1. The number of benzene rings is 1. The summed E-state index contributed by atoms with van der Waals surface area (Å²) in [4.78, 5) is 37.7. The molecule has 24 heavy (non-hydrogen) atoms. The maximum atomic E-state index is 13.0. The molecule has 0 unspecified atom stereocenters. The molecule has 0 spiro atoms. The fourth-order valence-corrected chi connectivity index (χ4v) is 4.78. The van der Waals surface area contributed by atoms with E-state index in [9.17, 15) is 19.5 Å². The predicted molar refractivity (Wildman–Crippen MR) is 90.3 cm³/mol. The molecule has 0 amide bonds. The van der Waals surface area contributed by atoms with Crippen molar-refractivity contribution in [2.75, 3.05) is 0 Å². The van der Waals surface area contributed by atoms with Crippen LogP contribution in [-0.2, 0) is 15.0 Å². The summed E-state index contributed by atoms with van der Waals surface area (Å²) in [5, 5.41) is 10.4. The van der Waals surface area contributed by atoms with Crippen molar-refractivity contribution in [3.63, 3.8) is 0 Å². The minimum absolute atomic E-state index is 0.0617. The van der Waals surface area contributed by atoms with E-state index >= 15 is 0 Å². The molecule has 2 aliphatic rings. The summed E-state index contributed by atoms with van der Waals surface area (Å²) in [6.07, 6.45) is 1.19. The molecule has 0 heterocycles. The molecule has 1 saturated carbocycles. The molecule has 1 aromatic carbocycles. The van der Waals surface area contributed by atoms with E-state index in [2.05, 4.69) is 0 Å². The van der Waals surface area contributed by atoms with Crippen LogP contribution < -0.4 is 0 Å². The molecular formula is C20H24O4. The summed E-state index contributed by atoms with van der Waals surface area (Å²) in [5.41, 5.74) is 0.369. The molecule has 0 aromatic heterocycles. The predicted octanol–water partition coefficient (Wildman–Crippen LogP) is 3.40. The van der Waals surface area contributed by atoms with Crippen molar-refractivity contribution in [2.24, 2.45) is 17.3 Å². The summed E-state index contributed by atoms with van der Waals surface area (Å²) >= 11 is 0. The van der Waals surface area contributed by atoms with Gasteiger partial charge in [0.25, 0.3) is 0 Å². The Balaban J connectivity index is 2.33. The molecular weight excluding hydrogens is 304 g/mol. The van der Waals surface area contributed by atoms with Gasteiger partial charge >= 0.3 is 0 Å². The average Bonchev–Trinajstić information content (AvgIpc) is 2.49. The van der Waals surface area contributed by atoms with Crippen LogP contribution in [0.15, 0.2) is 12.1 Å². The van der Waals surface area contributed by atoms with E-state index in [4.69, 9.17) is 0 Å². The maximum absolute atomic E-state index is 13.0. The van der Waals surface area contributed by atoms with Gasteiger partial charge in [0.05, 0.1) is 5.92 Å². The lowest BCUT2D eigenvalue weighted by Gasteiger charge is -2.53. The van der Waals surface area contributed by atoms with Gasteiger partial charge < -0.3 is 9.90 Å². The standard InChI is InChI=1S/C20H24O4/c1-10(2)11-6-12-14(7-15(11)22)20(5)8-13(17(12)23)18(24)19(3,4)16(20)9-21/h6-7,9-10,13,16,22H,8H2,1-5H3/t13-,16+,20+/m0/s1. The van der Waals surface area contributed by atoms with Gasteiger partial charge in [-0.25, -0.2) is 0 Å². The van der Waals surface area contributed by atoms with Crippen LogP contribution in [0, 0.1) is 17.3 Å². The second kappa shape index (κ2) is 5.01. The summed E-state index contributed by atoms with van der Waals surface area (Å²) in [6, 6.07) is 3.36. The zero-order chi connectivity index (χ0) is 18.0. The number of hydrogen-bond donors (Lipinski definition) is 1. The first-order chi connectivity index (χ1) is 11.1. The van der Waals surface area contributed by atoms with Crippen molar-refractivity contribution in [3.05, 3.63) is 28.8 Å². The number of carbonyl (C=O) groups is 3. The fourth-order valence-electron chi connectivity index (χ4n) is 4.78.